The molecule has 0 saturated heterocycles. The van der Waals surface area contributed by atoms with Gasteiger partial charge in [-0.15, -0.1) is 0 Å². The Bertz CT molecular complexity index is 694. The molecular formula is C15H9Cl2NO3. The number of amides is 1. The Labute approximate surface area is 130 Å². The van der Waals surface area contributed by atoms with Crippen molar-refractivity contribution in [3.8, 4) is 0 Å². The lowest BCUT2D eigenvalue weighted by atomic mass is 10.1. The average molecular weight is 322 g/mol. The number of carbonyl (C=O) groups is 3. The third-order valence-electron chi connectivity index (χ3n) is 2.74. The van der Waals surface area contributed by atoms with E-state index in [0.29, 0.717) is 22.4 Å². The van der Waals surface area contributed by atoms with Gasteiger partial charge in [-0.3, -0.25) is 14.4 Å². The first-order valence-electron chi connectivity index (χ1n) is 5.88. The first kappa shape index (κ1) is 15.2. The van der Waals surface area contributed by atoms with Crippen molar-refractivity contribution in [1.82, 2.24) is 0 Å². The van der Waals surface area contributed by atoms with Crippen molar-refractivity contribution in [3.05, 3.63) is 65.2 Å². The molecule has 4 nitrogen and oxygen atoms in total. The van der Waals surface area contributed by atoms with Crippen LogP contribution in [0, 0.1) is 0 Å². The molecule has 21 heavy (non-hydrogen) atoms. The second-order valence-electron chi connectivity index (χ2n) is 4.16. The highest BCUT2D eigenvalue weighted by atomic mass is 35.5. The Morgan fingerprint density at radius 2 is 1.05 bits per heavy atom. The van der Waals surface area contributed by atoms with Gasteiger partial charge in [0.1, 0.15) is 0 Å². The van der Waals surface area contributed by atoms with Gasteiger partial charge in [0.25, 0.3) is 16.4 Å². The third-order valence-corrected chi connectivity index (χ3v) is 3.18. The molecule has 2 rings (SSSR count). The van der Waals surface area contributed by atoms with Crippen LogP contribution in [0.3, 0.4) is 0 Å². The number of nitrogens with one attached hydrogen (secondary N) is 1. The number of rotatable bonds is 4. The van der Waals surface area contributed by atoms with Crippen LogP contribution in [0.1, 0.15) is 31.1 Å². The van der Waals surface area contributed by atoms with Crippen LogP contribution >= 0.6 is 23.2 Å². The fourth-order valence-corrected chi connectivity index (χ4v) is 1.89. The number of anilines is 1. The fraction of sp³-hybridized carbons (Fsp3) is 0. The topological polar surface area (TPSA) is 63.2 Å². The third kappa shape index (κ3) is 3.90. The highest BCUT2D eigenvalue weighted by Gasteiger charge is 2.08. The second kappa shape index (κ2) is 6.52. The molecule has 0 aromatic heterocycles. The number of hydrogen-bond acceptors (Lipinski definition) is 3. The van der Waals surface area contributed by atoms with Gasteiger partial charge in [0.15, 0.2) is 0 Å². The van der Waals surface area contributed by atoms with E-state index in [4.69, 9.17) is 23.2 Å². The van der Waals surface area contributed by atoms with E-state index in [9.17, 15) is 14.4 Å². The number of halogens is 2. The highest BCUT2D eigenvalue weighted by molar-refractivity contribution is 6.68. The molecule has 0 spiro atoms. The molecule has 0 aliphatic rings. The molecule has 0 atom stereocenters. The zero-order chi connectivity index (χ0) is 15.4. The van der Waals surface area contributed by atoms with Crippen molar-refractivity contribution in [2.45, 2.75) is 0 Å². The SMILES string of the molecule is O=C(Cl)c1ccc(NC(=O)c2ccc(C(=O)Cl)cc2)cc1. The van der Waals surface area contributed by atoms with Gasteiger partial charge >= 0.3 is 0 Å². The van der Waals surface area contributed by atoms with Gasteiger partial charge in [0.2, 0.25) is 0 Å². The van der Waals surface area contributed by atoms with Gasteiger partial charge in [0, 0.05) is 22.4 Å². The lowest BCUT2D eigenvalue weighted by Gasteiger charge is -2.06. The summed E-state index contributed by atoms with van der Waals surface area (Å²) >= 11 is 10.7. The van der Waals surface area contributed by atoms with Crippen LogP contribution in [0.2, 0.25) is 0 Å². The first-order valence-corrected chi connectivity index (χ1v) is 6.64. The summed E-state index contributed by atoms with van der Waals surface area (Å²) in [7, 11) is 0. The quantitative estimate of drug-likeness (QED) is 0.873. The summed E-state index contributed by atoms with van der Waals surface area (Å²) in [6.45, 7) is 0. The molecule has 0 heterocycles. The predicted octanol–water partition coefficient (Wildman–Crippen LogP) is 3.70. The monoisotopic (exact) mass is 321 g/mol. The van der Waals surface area contributed by atoms with E-state index in [2.05, 4.69) is 5.32 Å². The highest BCUT2D eigenvalue weighted by Crippen LogP contribution is 2.13. The van der Waals surface area contributed by atoms with Crippen molar-refractivity contribution in [1.29, 1.82) is 0 Å². The first-order chi connectivity index (χ1) is 9.97. The number of carbonyl (C=O) groups excluding carboxylic acids is 3. The molecule has 0 bridgehead atoms. The molecule has 0 saturated carbocycles. The maximum absolute atomic E-state index is 12.0. The van der Waals surface area contributed by atoms with E-state index in [1.165, 1.54) is 36.4 Å². The summed E-state index contributed by atoms with van der Waals surface area (Å²) in [6, 6.07) is 12.1. The van der Waals surface area contributed by atoms with Gasteiger partial charge in [-0.25, -0.2) is 0 Å². The molecule has 0 aliphatic heterocycles. The summed E-state index contributed by atoms with van der Waals surface area (Å²) in [4.78, 5) is 33.9. The van der Waals surface area contributed by atoms with Gasteiger partial charge in [0.05, 0.1) is 0 Å². The summed E-state index contributed by atoms with van der Waals surface area (Å²) in [5.74, 6) is -0.339. The molecule has 106 valence electrons. The van der Waals surface area contributed by atoms with Crippen LogP contribution in [-0.4, -0.2) is 16.4 Å². The van der Waals surface area contributed by atoms with Crippen LogP contribution in [0.25, 0.3) is 0 Å². The minimum absolute atomic E-state index is 0.318. The molecule has 6 heteroatoms. The Kier molecular flexibility index (Phi) is 4.73. The smallest absolute Gasteiger partial charge is 0.255 e. The molecule has 0 radical (unpaired) electrons. The van der Waals surface area contributed by atoms with E-state index in [1.54, 1.807) is 12.1 Å². The molecule has 0 fully saturated rings. The minimum atomic E-state index is -0.580. The minimum Gasteiger partial charge on any atom is -0.322 e. The van der Waals surface area contributed by atoms with Crippen molar-refractivity contribution < 1.29 is 14.4 Å². The standard InChI is InChI=1S/C15H9Cl2NO3/c16-13(19)9-1-3-11(4-2-9)15(21)18-12-7-5-10(6-8-12)14(17)20/h1-8H,(H,18,21). The molecule has 2 aromatic rings. The molecule has 0 aliphatic carbocycles. The lowest BCUT2D eigenvalue weighted by Crippen LogP contribution is -2.12. The second-order valence-corrected chi connectivity index (χ2v) is 4.84. The fourth-order valence-electron chi connectivity index (χ4n) is 1.64. The molecule has 1 N–H and O–H groups in total. The van der Waals surface area contributed by atoms with E-state index >= 15 is 0 Å². The number of hydrogen-bond donors (Lipinski definition) is 1. The van der Waals surface area contributed by atoms with Crippen molar-refractivity contribution in [2.75, 3.05) is 5.32 Å². The molecule has 2 aromatic carbocycles. The molecule has 1 amide bonds. The van der Waals surface area contributed by atoms with Crippen molar-refractivity contribution in [3.63, 3.8) is 0 Å². The molecular weight excluding hydrogens is 313 g/mol. The van der Waals surface area contributed by atoms with Crippen LogP contribution in [0.15, 0.2) is 48.5 Å². The van der Waals surface area contributed by atoms with E-state index in [0.717, 1.165) is 0 Å². The normalized spacial score (nSPS) is 10.0. The van der Waals surface area contributed by atoms with Crippen LogP contribution in [-0.2, 0) is 0 Å². The number of benzene rings is 2. The summed E-state index contributed by atoms with van der Waals surface area (Å²) < 4.78 is 0. The van der Waals surface area contributed by atoms with E-state index < -0.39 is 10.5 Å². The zero-order valence-corrected chi connectivity index (χ0v) is 12.1. The Balaban J connectivity index is 2.10. The van der Waals surface area contributed by atoms with Crippen molar-refractivity contribution >= 4 is 45.3 Å². The predicted molar refractivity (Wildman–Crippen MR) is 81.2 cm³/mol. The van der Waals surface area contributed by atoms with Gasteiger partial charge in [-0.05, 0) is 71.7 Å². The van der Waals surface area contributed by atoms with Crippen LogP contribution in [0.5, 0.6) is 0 Å². The van der Waals surface area contributed by atoms with Gasteiger partial charge in [-0.2, -0.15) is 0 Å². The van der Waals surface area contributed by atoms with E-state index in [1.807, 2.05) is 0 Å². The van der Waals surface area contributed by atoms with Gasteiger partial charge in [-0.1, -0.05) is 0 Å². The summed E-state index contributed by atoms with van der Waals surface area (Å²) in [6.07, 6.45) is 0. The lowest BCUT2D eigenvalue weighted by molar-refractivity contribution is 0.102. The molecule has 0 unspecified atom stereocenters. The Hall–Kier alpha value is -2.17. The Morgan fingerprint density at radius 3 is 1.48 bits per heavy atom. The average Bonchev–Trinajstić information content (AvgIpc) is 2.47. The van der Waals surface area contributed by atoms with Crippen molar-refractivity contribution in [2.24, 2.45) is 0 Å². The van der Waals surface area contributed by atoms with Crippen LogP contribution in [0.4, 0.5) is 5.69 Å². The van der Waals surface area contributed by atoms with Crippen LogP contribution < -0.4 is 5.32 Å². The van der Waals surface area contributed by atoms with E-state index in [-0.39, 0.29) is 5.91 Å². The maximum Gasteiger partial charge on any atom is 0.255 e. The van der Waals surface area contributed by atoms with Gasteiger partial charge < -0.3 is 5.32 Å². The Morgan fingerprint density at radius 1 is 0.667 bits per heavy atom. The summed E-state index contributed by atoms with van der Waals surface area (Å²) in [5, 5.41) is 1.52. The maximum atomic E-state index is 12.0. The summed E-state index contributed by atoms with van der Waals surface area (Å²) in [5.41, 5.74) is 1.58. The largest absolute Gasteiger partial charge is 0.322 e. The zero-order valence-electron chi connectivity index (χ0n) is 10.6.